The number of hydrogen-bond donors (Lipinski definition) is 1. The van der Waals surface area contributed by atoms with E-state index in [9.17, 15) is 14.0 Å². The fraction of sp³-hybridized carbons (Fsp3) is 0.500. The zero-order valence-corrected chi connectivity index (χ0v) is 14.1. The lowest BCUT2D eigenvalue weighted by atomic mass is 10.1. The van der Waals surface area contributed by atoms with Crippen molar-refractivity contribution in [3.8, 4) is 5.75 Å². The number of rotatable bonds is 5. The molecule has 1 fully saturated rings. The monoisotopic (exact) mass is 344 g/mol. The SMILES string of the molecule is COc1ccc(C(=O)CCC(=O)N2CCNCC2C)cc1F.Cl. The molecule has 1 heterocycles. The molecule has 0 spiro atoms. The van der Waals surface area contributed by atoms with E-state index in [0.717, 1.165) is 19.2 Å². The molecule has 1 aromatic carbocycles. The number of ether oxygens (including phenoxy) is 1. The molecule has 1 atom stereocenters. The van der Waals surface area contributed by atoms with Crippen LogP contribution in [0.5, 0.6) is 5.75 Å². The largest absolute Gasteiger partial charge is 0.494 e. The van der Waals surface area contributed by atoms with Crippen LogP contribution in [0.4, 0.5) is 4.39 Å². The number of halogens is 2. The number of nitrogens with zero attached hydrogens (tertiary/aromatic N) is 1. The molecule has 1 aliphatic rings. The van der Waals surface area contributed by atoms with Crippen molar-refractivity contribution in [3.05, 3.63) is 29.6 Å². The molecule has 0 saturated carbocycles. The van der Waals surface area contributed by atoms with Gasteiger partial charge in [0.2, 0.25) is 5.91 Å². The van der Waals surface area contributed by atoms with Crippen LogP contribution in [0.1, 0.15) is 30.1 Å². The first kappa shape index (κ1) is 19.4. The van der Waals surface area contributed by atoms with Gasteiger partial charge in [0.1, 0.15) is 0 Å². The summed E-state index contributed by atoms with van der Waals surface area (Å²) in [6, 6.07) is 4.22. The van der Waals surface area contributed by atoms with Gasteiger partial charge >= 0.3 is 0 Å². The van der Waals surface area contributed by atoms with Crippen molar-refractivity contribution in [2.24, 2.45) is 0 Å². The number of carbonyl (C=O) groups excluding carboxylic acids is 2. The molecule has 0 aliphatic carbocycles. The van der Waals surface area contributed by atoms with Gasteiger partial charge < -0.3 is 15.0 Å². The maximum atomic E-state index is 13.6. The highest BCUT2D eigenvalue weighted by Crippen LogP contribution is 2.19. The predicted octanol–water partition coefficient (Wildman–Crippen LogP) is 2.04. The lowest BCUT2D eigenvalue weighted by molar-refractivity contribution is -0.133. The molecule has 0 radical (unpaired) electrons. The Kier molecular flexibility index (Phi) is 7.45. The van der Waals surface area contributed by atoms with Crippen LogP contribution >= 0.6 is 12.4 Å². The summed E-state index contributed by atoms with van der Waals surface area (Å²) in [7, 11) is 1.37. The Hall–Kier alpha value is -1.66. The Labute approximate surface area is 141 Å². The number of carbonyl (C=O) groups is 2. The van der Waals surface area contributed by atoms with Crippen LogP contribution in [0, 0.1) is 5.82 Å². The number of ketones is 1. The highest BCUT2D eigenvalue weighted by molar-refractivity contribution is 5.98. The average Bonchev–Trinajstić information content (AvgIpc) is 2.52. The van der Waals surface area contributed by atoms with Gasteiger partial charge in [-0.25, -0.2) is 4.39 Å². The normalized spacial score (nSPS) is 17.3. The minimum absolute atomic E-state index is 0. The van der Waals surface area contributed by atoms with E-state index in [-0.39, 0.29) is 54.3 Å². The van der Waals surface area contributed by atoms with Gasteiger partial charge in [-0.05, 0) is 25.1 Å². The van der Waals surface area contributed by atoms with E-state index in [0.29, 0.717) is 6.54 Å². The number of Topliss-reactive ketones (excluding diaryl/α,β-unsaturated/α-hetero) is 1. The summed E-state index contributed by atoms with van der Waals surface area (Å²) in [6.07, 6.45) is 0.234. The van der Waals surface area contributed by atoms with E-state index in [2.05, 4.69) is 5.32 Å². The fourth-order valence-electron chi connectivity index (χ4n) is 2.56. The molecule has 1 aromatic rings. The number of amides is 1. The molecule has 23 heavy (non-hydrogen) atoms. The first-order valence-electron chi connectivity index (χ1n) is 7.40. The smallest absolute Gasteiger partial charge is 0.223 e. The molecule has 1 unspecified atom stereocenters. The summed E-state index contributed by atoms with van der Waals surface area (Å²) < 4.78 is 18.4. The summed E-state index contributed by atoms with van der Waals surface area (Å²) >= 11 is 0. The maximum absolute atomic E-state index is 13.6. The Morgan fingerprint density at radius 3 is 2.74 bits per heavy atom. The lowest BCUT2D eigenvalue weighted by Crippen LogP contribution is -2.52. The minimum atomic E-state index is -0.574. The number of benzene rings is 1. The third-order valence-electron chi connectivity index (χ3n) is 3.86. The van der Waals surface area contributed by atoms with Crippen LogP contribution in [0.25, 0.3) is 0 Å². The van der Waals surface area contributed by atoms with Gasteiger partial charge in [0.25, 0.3) is 0 Å². The molecule has 1 saturated heterocycles. The fourth-order valence-corrected chi connectivity index (χ4v) is 2.56. The molecule has 7 heteroatoms. The van der Waals surface area contributed by atoms with Crippen LogP contribution in [0.15, 0.2) is 18.2 Å². The summed E-state index contributed by atoms with van der Waals surface area (Å²) in [6.45, 7) is 4.17. The summed E-state index contributed by atoms with van der Waals surface area (Å²) in [5.41, 5.74) is 0.263. The highest BCUT2D eigenvalue weighted by atomic mass is 35.5. The second kappa shape index (κ2) is 8.84. The molecular weight excluding hydrogens is 323 g/mol. The van der Waals surface area contributed by atoms with Gasteiger partial charge in [0, 0.05) is 44.1 Å². The Bertz CT molecular complexity index is 568. The van der Waals surface area contributed by atoms with E-state index in [1.807, 2.05) is 6.92 Å². The number of hydrogen-bond acceptors (Lipinski definition) is 4. The van der Waals surface area contributed by atoms with Crippen molar-refractivity contribution in [1.82, 2.24) is 10.2 Å². The first-order chi connectivity index (χ1) is 10.5. The highest BCUT2D eigenvalue weighted by Gasteiger charge is 2.23. The zero-order chi connectivity index (χ0) is 16.1. The molecule has 0 bridgehead atoms. The van der Waals surface area contributed by atoms with Crippen LogP contribution < -0.4 is 10.1 Å². The van der Waals surface area contributed by atoms with Crippen LogP contribution in [-0.4, -0.2) is 49.4 Å². The van der Waals surface area contributed by atoms with Gasteiger partial charge in [0.05, 0.1) is 7.11 Å². The Balaban J connectivity index is 0.00000264. The predicted molar refractivity (Wildman–Crippen MR) is 87.8 cm³/mol. The van der Waals surface area contributed by atoms with Crippen LogP contribution in [0.3, 0.4) is 0 Å². The van der Waals surface area contributed by atoms with Gasteiger partial charge in [-0.15, -0.1) is 12.4 Å². The molecule has 128 valence electrons. The van der Waals surface area contributed by atoms with E-state index in [1.54, 1.807) is 4.90 Å². The van der Waals surface area contributed by atoms with Crippen molar-refractivity contribution >= 4 is 24.1 Å². The van der Waals surface area contributed by atoms with E-state index in [4.69, 9.17) is 4.74 Å². The van der Waals surface area contributed by atoms with Gasteiger partial charge in [-0.3, -0.25) is 9.59 Å². The zero-order valence-electron chi connectivity index (χ0n) is 13.3. The van der Waals surface area contributed by atoms with Crippen LogP contribution in [0.2, 0.25) is 0 Å². The van der Waals surface area contributed by atoms with Crippen molar-refractivity contribution in [3.63, 3.8) is 0 Å². The minimum Gasteiger partial charge on any atom is -0.494 e. The summed E-state index contributed by atoms with van der Waals surface area (Å²) in [5.74, 6) is -0.744. The van der Waals surface area contributed by atoms with E-state index >= 15 is 0 Å². The number of piperazine rings is 1. The standard InChI is InChI=1S/C16H21FN2O3.ClH/c1-11-10-18-7-8-19(11)16(21)6-4-14(20)12-3-5-15(22-2)13(17)9-12;/h3,5,9,11,18H,4,6-8,10H2,1-2H3;1H. The molecular formula is C16H22ClFN2O3. The van der Waals surface area contributed by atoms with Crippen molar-refractivity contribution < 1.29 is 18.7 Å². The topological polar surface area (TPSA) is 58.6 Å². The number of methoxy groups -OCH3 is 1. The average molecular weight is 345 g/mol. The maximum Gasteiger partial charge on any atom is 0.223 e. The third-order valence-corrected chi connectivity index (χ3v) is 3.86. The van der Waals surface area contributed by atoms with Crippen molar-refractivity contribution in [2.75, 3.05) is 26.7 Å². The Morgan fingerprint density at radius 2 is 2.13 bits per heavy atom. The number of nitrogens with one attached hydrogen (secondary N) is 1. The summed E-state index contributed by atoms with van der Waals surface area (Å²) in [4.78, 5) is 26.0. The summed E-state index contributed by atoms with van der Waals surface area (Å²) in [5, 5.41) is 3.21. The quantitative estimate of drug-likeness (QED) is 0.830. The van der Waals surface area contributed by atoms with Gasteiger partial charge in [-0.1, -0.05) is 0 Å². The molecule has 0 aromatic heterocycles. The molecule has 1 amide bonds. The van der Waals surface area contributed by atoms with E-state index < -0.39 is 5.82 Å². The molecule has 1 aliphatic heterocycles. The lowest BCUT2D eigenvalue weighted by Gasteiger charge is -2.34. The van der Waals surface area contributed by atoms with Gasteiger partial charge in [-0.2, -0.15) is 0 Å². The second-order valence-corrected chi connectivity index (χ2v) is 5.41. The third kappa shape index (κ3) is 4.91. The Morgan fingerprint density at radius 1 is 1.39 bits per heavy atom. The van der Waals surface area contributed by atoms with Crippen molar-refractivity contribution in [1.29, 1.82) is 0 Å². The van der Waals surface area contributed by atoms with Crippen molar-refractivity contribution in [2.45, 2.75) is 25.8 Å². The second-order valence-electron chi connectivity index (χ2n) is 5.41. The van der Waals surface area contributed by atoms with Crippen LogP contribution in [-0.2, 0) is 4.79 Å². The molecule has 1 N–H and O–H groups in total. The molecule has 2 rings (SSSR count). The first-order valence-corrected chi connectivity index (χ1v) is 7.40. The molecule has 5 nitrogen and oxygen atoms in total. The van der Waals surface area contributed by atoms with Gasteiger partial charge in [0.15, 0.2) is 17.3 Å². The van der Waals surface area contributed by atoms with E-state index in [1.165, 1.54) is 19.2 Å².